The van der Waals surface area contributed by atoms with Crippen LogP contribution in [-0.2, 0) is 19.1 Å². The third-order valence-electron chi connectivity index (χ3n) is 4.53. The smallest absolute Gasteiger partial charge is 0.338 e. The summed E-state index contributed by atoms with van der Waals surface area (Å²) in [6.07, 6.45) is 12.9. The number of rotatable bonds is 16. The predicted molar refractivity (Wildman–Crippen MR) is 111 cm³/mol. The molecule has 0 bridgehead atoms. The van der Waals surface area contributed by atoms with E-state index in [1.54, 1.807) is 13.8 Å². The fourth-order valence-corrected chi connectivity index (χ4v) is 2.67. The Morgan fingerprint density at radius 2 is 1.26 bits per heavy atom. The zero-order valence-corrected chi connectivity index (χ0v) is 18.0. The maximum absolute atomic E-state index is 12.3. The van der Waals surface area contributed by atoms with Crippen LogP contribution in [0.25, 0.3) is 0 Å². The molecule has 0 aliphatic heterocycles. The zero-order valence-electron chi connectivity index (χ0n) is 18.0. The molecule has 0 unspecified atom stereocenters. The normalized spacial score (nSPS) is 11.7. The predicted octanol–water partition coefficient (Wildman–Crippen LogP) is 6.64. The van der Waals surface area contributed by atoms with Crippen LogP contribution in [-0.4, -0.2) is 18.5 Å². The lowest BCUT2D eigenvalue weighted by molar-refractivity contribution is -0.140. The average Bonchev–Trinajstić information content (AvgIpc) is 2.65. The van der Waals surface area contributed by atoms with E-state index in [4.69, 9.17) is 9.47 Å². The van der Waals surface area contributed by atoms with Gasteiger partial charge in [0.2, 0.25) is 0 Å². The van der Waals surface area contributed by atoms with Gasteiger partial charge in [-0.1, -0.05) is 78.2 Å². The molecule has 0 amide bonds. The van der Waals surface area contributed by atoms with Crippen molar-refractivity contribution >= 4 is 11.9 Å². The molecule has 0 saturated carbocycles. The fraction of sp³-hybridized carbons (Fsp3) is 0.739. The third kappa shape index (κ3) is 13.3. The van der Waals surface area contributed by atoms with E-state index in [2.05, 4.69) is 20.4 Å². The molecule has 0 aromatic carbocycles. The summed E-state index contributed by atoms with van der Waals surface area (Å²) in [6, 6.07) is 0. The van der Waals surface area contributed by atoms with Crippen molar-refractivity contribution in [1.82, 2.24) is 0 Å². The zero-order chi connectivity index (χ0) is 20.5. The molecule has 0 aromatic rings. The van der Waals surface area contributed by atoms with Crippen LogP contribution < -0.4 is 0 Å². The number of esters is 2. The van der Waals surface area contributed by atoms with Gasteiger partial charge in [-0.05, 0) is 26.7 Å². The molecule has 0 heterocycles. The molecule has 0 spiro atoms. The summed E-state index contributed by atoms with van der Waals surface area (Å²) in [4.78, 5) is 24.2. The van der Waals surface area contributed by atoms with Gasteiger partial charge in [-0.3, -0.25) is 0 Å². The van der Waals surface area contributed by atoms with Crippen LogP contribution in [0.15, 0.2) is 23.5 Å². The fourth-order valence-electron chi connectivity index (χ4n) is 2.67. The Kier molecular flexibility index (Phi) is 15.6. The molecule has 27 heavy (non-hydrogen) atoms. The molecule has 0 aliphatic rings. The van der Waals surface area contributed by atoms with Crippen molar-refractivity contribution in [2.75, 3.05) is 6.61 Å². The van der Waals surface area contributed by atoms with E-state index in [1.807, 2.05) is 0 Å². The van der Waals surface area contributed by atoms with Gasteiger partial charge >= 0.3 is 11.9 Å². The lowest BCUT2D eigenvalue weighted by Crippen LogP contribution is -2.13. The molecular weight excluding hydrogens is 340 g/mol. The Balaban J connectivity index is 4.60. The van der Waals surface area contributed by atoms with E-state index in [1.165, 1.54) is 38.5 Å². The first-order valence-electron chi connectivity index (χ1n) is 10.7. The van der Waals surface area contributed by atoms with Gasteiger partial charge in [0.15, 0.2) is 0 Å². The van der Waals surface area contributed by atoms with Gasteiger partial charge in [-0.15, -0.1) is 0 Å². The molecule has 0 aliphatic carbocycles. The first-order chi connectivity index (χ1) is 12.9. The maximum atomic E-state index is 12.3. The van der Waals surface area contributed by atoms with Crippen molar-refractivity contribution in [2.24, 2.45) is 0 Å². The van der Waals surface area contributed by atoms with E-state index >= 15 is 0 Å². The monoisotopic (exact) mass is 380 g/mol. The van der Waals surface area contributed by atoms with Crippen LogP contribution in [0, 0.1) is 0 Å². The Morgan fingerprint density at radius 3 is 1.81 bits per heavy atom. The van der Waals surface area contributed by atoms with Gasteiger partial charge in [0.05, 0.1) is 12.2 Å². The SMILES string of the molecule is C=C(C)C(=O)OC(CCCCCCCC)=C(C)C(=O)OCCCCCCC. The van der Waals surface area contributed by atoms with Crippen LogP contribution >= 0.6 is 0 Å². The average molecular weight is 381 g/mol. The molecule has 0 fully saturated rings. The van der Waals surface area contributed by atoms with E-state index in [9.17, 15) is 9.59 Å². The van der Waals surface area contributed by atoms with Gasteiger partial charge in [0, 0.05) is 12.0 Å². The number of carbonyl (C=O) groups is 2. The van der Waals surface area contributed by atoms with Gasteiger partial charge in [0.1, 0.15) is 5.76 Å². The van der Waals surface area contributed by atoms with E-state index in [0.29, 0.717) is 29.9 Å². The summed E-state index contributed by atoms with van der Waals surface area (Å²) in [5, 5.41) is 0. The lowest BCUT2D eigenvalue weighted by atomic mass is 10.1. The van der Waals surface area contributed by atoms with E-state index in [0.717, 1.165) is 32.1 Å². The number of allylic oxidation sites excluding steroid dienone is 1. The van der Waals surface area contributed by atoms with Crippen molar-refractivity contribution in [3.05, 3.63) is 23.5 Å². The number of unbranched alkanes of at least 4 members (excludes halogenated alkanes) is 9. The number of ether oxygens (including phenoxy) is 2. The Labute approximate surface area is 166 Å². The van der Waals surface area contributed by atoms with Gasteiger partial charge in [-0.25, -0.2) is 9.59 Å². The first kappa shape index (κ1) is 25.4. The number of hydrogen-bond acceptors (Lipinski definition) is 4. The molecule has 0 N–H and O–H groups in total. The molecule has 0 saturated heterocycles. The van der Waals surface area contributed by atoms with Crippen LogP contribution in [0.4, 0.5) is 0 Å². The molecule has 4 nitrogen and oxygen atoms in total. The minimum absolute atomic E-state index is 0.326. The van der Waals surface area contributed by atoms with Crippen molar-refractivity contribution < 1.29 is 19.1 Å². The molecule has 0 rings (SSSR count). The van der Waals surface area contributed by atoms with Crippen molar-refractivity contribution in [3.63, 3.8) is 0 Å². The molecule has 0 aromatic heterocycles. The molecule has 0 radical (unpaired) electrons. The van der Waals surface area contributed by atoms with E-state index in [-0.39, 0.29) is 5.97 Å². The summed E-state index contributed by atoms with van der Waals surface area (Å²) in [6.45, 7) is 11.7. The second-order valence-electron chi connectivity index (χ2n) is 7.29. The quantitative estimate of drug-likeness (QED) is 0.130. The van der Waals surface area contributed by atoms with Crippen LogP contribution in [0.2, 0.25) is 0 Å². The largest absolute Gasteiger partial charge is 0.462 e. The Bertz CT molecular complexity index is 477. The highest BCUT2D eigenvalue weighted by Gasteiger charge is 2.17. The van der Waals surface area contributed by atoms with Crippen molar-refractivity contribution in [1.29, 1.82) is 0 Å². The first-order valence-corrected chi connectivity index (χ1v) is 10.7. The summed E-state index contributed by atoms with van der Waals surface area (Å²) >= 11 is 0. The summed E-state index contributed by atoms with van der Waals surface area (Å²) in [5.74, 6) is -0.446. The standard InChI is InChI=1S/C23H40O4/c1-6-8-10-12-13-15-17-21(27-22(24)19(3)4)20(5)23(25)26-18-16-14-11-9-7-2/h3,6-18H2,1-2,4-5H3. The van der Waals surface area contributed by atoms with Crippen molar-refractivity contribution in [3.8, 4) is 0 Å². The highest BCUT2D eigenvalue weighted by Crippen LogP contribution is 2.19. The minimum Gasteiger partial charge on any atom is -0.462 e. The van der Waals surface area contributed by atoms with Gasteiger partial charge in [0.25, 0.3) is 0 Å². The minimum atomic E-state index is -0.484. The molecular formula is C23H40O4. The summed E-state index contributed by atoms with van der Waals surface area (Å²) in [7, 11) is 0. The van der Waals surface area contributed by atoms with Crippen LogP contribution in [0.5, 0.6) is 0 Å². The highest BCUT2D eigenvalue weighted by molar-refractivity contribution is 5.91. The molecule has 156 valence electrons. The molecule has 0 atom stereocenters. The third-order valence-corrected chi connectivity index (χ3v) is 4.53. The van der Waals surface area contributed by atoms with Crippen LogP contribution in [0.1, 0.15) is 105 Å². The van der Waals surface area contributed by atoms with Gasteiger partial charge < -0.3 is 9.47 Å². The molecule has 4 heteroatoms. The van der Waals surface area contributed by atoms with E-state index < -0.39 is 5.97 Å². The number of carbonyl (C=O) groups excluding carboxylic acids is 2. The van der Waals surface area contributed by atoms with Crippen molar-refractivity contribution in [2.45, 2.75) is 105 Å². The number of hydrogen-bond donors (Lipinski definition) is 0. The Morgan fingerprint density at radius 1 is 0.741 bits per heavy atom. The topological polar surface area (TPSA) is 52.6 Å². The maximum Gasteiger partial charge on any atom is 0.338 e. The highest BCUT2D eigenvalue weighted by atomic mass is 16.5. The lowest BCUT2D eigenvalue weighted by Gasteiger charge is -2.13. The summed E-state index contributed by atoms with van der Waals surface area (Å²) in [5.41, 5.74) is 0.722. The Hall–Kier alpha value is -1.58. The van der Waals surface area contributed by atoms with Gasteiger partial charge in [-0.2, -0.15) is 0 Å². The van der Waals surface area contributed by atoms with Crippen LogP contribution in [0.3, 0.4) is 0 Å². The second kappa shape index (κ2) is 16.6. The second-order valence-corrected chi connectivity index (χ2v) is 7.29. The summed E-state index contributed by atoms with van der Waals surface area (Å²) < 4.78 is 10.8.